The number of carboxylic acid groups (broad SMARTS) is 1. The number of carboxylic acids is 1. The topological polar surface area (TPSA) is 40.5 Å². The molecule has 1 aromatic rings. The number of aliphatic carboxylic acids is 1. The maximum atomic E-state index is 13.7. The largest absolute Gasteiger partial charge is 0.481 e. The highest BCUT2D eigenvalue weighted by Gasteiger charge is 2.45. The molecule has 0 spiro atoms. The molecule has 2 aliphatic rings. The molecule has 3 rings (SSSR count). The van der Waals surface area contributed by atoms with Crippen LogP contribution in [0.15, 0.2) is 12.1 Å². The minimum atomic E-state index is -1.06. The molecule has 3 nitrogen and oxygen atoms in total. The predicted molar refractivity (Wildman–Crippen MR) is 75.6 cm³/mol. The Bertz CT molecular complexity index is 562. The summed E-state index contributed by atoms with van der Waals surface area (Å²) in [6, 6.07) is 2.29. The van der Waals surface area contributed by atoms with E-state index in [1.807, 2.05) is 4.90 Å². The number of benzene rings is 1. The number of rotatable bonds is 3. The molecule has 1 heterocycles. The highest BCUT2D eigenvalue weighted by molar-refractivity contribution is 5.84. The zero-order valence-corrected chi connectivity index (χ0v) is 11.9. The van der Waals surface area contributed by atoms with Crippen LogP contribution in [-0.4, -0.2) is 24.2 Å². The van der Waals surface area contributed by atoms with Crippen LogP contribution >= 0.6 is 0 Å². The van der Waals surface area contributed by atoms with Gasteiger partial charge in [-0.25, -0.2) is 8.78 Å². The van der Waals surface area contributed by atoms with Gasteiger partial charge in [0.1, 0.15) is 0 Å². The van der Waals surface area contributed by atoms with Crippen molar-refractivity contribution in [2.24, 2.45) is 0 Å². The Labute approximate surface area is 122 Å². The van der Waals surface area contributed by atoms with Gasteiger partial charge in [0.15, 0.2) is 11.6 Å². The maximum absolute atomic E-state index is 13.7. The van der Waals surface area contributed by atoms with E-state index < -0.39 is 23.0 Å². The summed E-state index contributed by atoms with van der Waals surface area (Å²) in [6.45, 7) is 1.54. The summed E-state index contributed by atoms with van der Waals surface area (Å²) in [5, 5.41) is 9.71. The Morgan fingerprint density at radius 2 is 1.62 bits per heavy atom. The lowest BCUT2D eigenvalue weighted by atomic mass is 9.77. The van der Waals surface area contributed by atoms with E-state index in [9.17, 15) is 18.7 Å². The van der Waals surface area contributed by atoms with Crippen LogP contribution in [0.5, 0.6) is 0 Å². The third kappa shape index (κ3) is 2.28. The molecule has 0 bridgehead atoms. The molecule has 0 radical (unpaired) electrons. The summed E-state index contributed by atoms with van der Waals surface area (Å²) in [4.78, 5) is 13.8. The molecule has 1 aliphatic heterocycles. The lowest BCUT2D eigenvalue weighted by Gasteiger charge is -2.31. The van der Waals surface area contributed by atoms with Crippen molar-refractivity contribution in [2.75, 3.05) is 18.0 Å². The van der Waals surface area contributed by atoms with Gasteiger partial charge < -0.3 is 10.0 Å². The molecular formula is C16H19F2NO2. The van der Waals surface area contributed by atoms with Crippen molar-refractivity contribution in [1.29, 1.82) is 0 Å². The van der Waals surface area contributed by atoms with Crippen LogP contribution in [0.4, 0.5) is 14.5 Å². The Morgan fingerprint density at radius 3 is 2.19 bits per heavy atom. The summed E-state index contributed by atoms with van der Waals surface area (Å²) < 4.78 is 27.4. The molecule has 0 unspecified atom stereocenters. The molecule has 5 heteroatoms. The van der Waals surface area contributed by atoms with E-state index in [2.05, 4.69) is 0 Å². The van der Waals surface area contributed by atoms with Gasteiger partial charge in [-0.3, -0.25) is 4.79 Å². The molecular weight excluding hydrogens is 276 g/mol. The minimum absolute atomic E-state index is 0.452. The number of halogens is 2. The van der Waals surface area contributed by atoms with Crippen molar-refractivity contribution in [1.82, 2.24) is 0 Å². The minimum Gasteiger partial charge on any atom is -0.481 e. The number of hydrogen-bond donors (Lipinski definition) is 1. The molecule has 21 heavy (non-hydrogen) atoms. The van der Waals surface area contributed by atoms with E-state index in [0.717, 1.165) is 44.8 Å². The van der Waals surface area contributed by atoms with Crippen molar-refractivity contribution in [3.63, 3.8) is 0 Å². The first-order valence-corrected chi connectivity index (χ1v) is 7.52. The van der Waals surface area contributed by atoms with Gasteiger partial charge in [0.2, 0.25) is 0 Å². The monoisotopic (exact) mass is 295 g/mol. The second-order valence-electron chi connectivity index (χ2n) is 6.07. The SMILES string of the molecule is O=C(O)C1(c2cc(F)c(F)cc2N2CCCC2)CCCC1. The van der Waals surface area contributed by atoms with E-state index in [-0.39, 0.29) is 0 Å². The van der Waals surface area contributed by atoms with E-state index >= 15 is 0 Å². The molecule has 114 valence electrons. The second-order valence-corrected chi connectivity index (χ2v) is 6.07. The van der Waals surface area contributed by atoms with Crippen LogP contribution in [0, 0.1) is 11.6 Å². The predicted octanol–water partition coefficient (Wildman–Crippen LogP) is 3.46. The van der Waals surface area contributed by atoms with Crippen molar-refractivity contribution >= 4 is 11.7 Å². The molecule has 1 aliphatic carbocycles. The Balaban J connectivity index is 2.15. The highest BCUT2D eigenvalue weighted by Crippen LogP contribution is 2.46. The number of carbonyl (C=O) groups is 1. The number of nitrogens with zero attached hydrogens (tertiary/aromatic N) is 1. The van der Waals surface area contributed by atoms with Crippen LogP contribution in [-0.2, 0) is 10.2 Å². The molecule has 1 aromatic carbocycles. The van der Waals surface area contributed by atoms with Crippen LogP contribution in [0.2, 0.25) is 0 Å². The van der Waals surface area contributed by atoms with Gasteiger partial charge in [0.05, 0.1) is 5.41 Å². The average Bonchev–Trinajstić information content (AvgIpc) is 3.11. The van der Waals surface area contributed by atoms with Crippen molar-refractivity contribution < 1.29 is 18.7 Å². The van der Waals surface area contributed by atoms with E-state index in [0.29, 0.717) is 24.1 Å². The van der Waals surface area contributed by atoms with Gasteiger partial charge in [0, 0.05) is 24.8 Å². The summed E-state index contributed by atoms with van der Waals surface area (Å²) >= 11 is 0. The first-order valence-electron chi connectivity index (χ1n) is 7.52. The van der Waals surface area contributed by atoms with Crippen LogP contribution < -0.4 is 4.90 Å². The molecule has 1 N–H and O–H groups in total. The first-order chi connectivity index (χ1) is 10.0. The van der Waals surface area contributed by atoms with E-state index in [1.165, 1.54) is 6.07 Å². The molecule has 0 atom stereocenters. The zero-order valence-electron chi connectivity index (χ0n) is 11.9. The average molecular weight is 295 g/mol. The van der Waals surface area contributed by atoms with Crippen LogP contribution in [0.3, 0.4) is 0 Å². The third-order valence-corrected chi connectivity index (χ3v) is 4.87. The fraction of sp³-hybridized carbons (Fsp3) is 0.562. The third-order valence-electron chi connectivity index (χ3n) is 4.87. The zero-order chi connectivity index (χ0) is 15.0. The quantitative estimate of drug-likeness (QED) is 0.928. The highest BCUT2D eigenvalue weighted by atomic mass is 19.2. The first kappa shape index (κ1) is 14.3. The summed E-state index contributed by atoms with van der Waals surface area (Å²) in [7, 11) is 0. The smallest absolute Gasteiger partial charge is 0.314 e. The lowest BCUT2D eigenvalue weighted by molar-refractivity contribution is -0.143. The fourth-order valence-corrected chi connectivity index (χ4v) is 3.72. The van der Waals surface area contributed by atoms with Gasteiger partial charge in [-0.2, -0.15) is 0 Å². The number of anilines is 1. The second kappa shape index (κ2) is 5.28. The van der Waals surface area contributed by atoms with Crippen LogP contribution in [0.25, 0.3) is 0 Å². The Kier molecular flexibility index (Phi) is 3.59. The van der Waals surface area contributed by atoms with Gasteiger partial charge in [0.25, 0.3) is 0 Å². The molecule has 1 saturated carbocycles. The van der Waals surface area contributed by atoms with Gasteiger partial charge in [-0.15, -0.1) is 0 Å². The maximum Gasteiger partial charge on any atom is 0.314 e. The van der Waals surface area contributed by atoms with Crippen LogP contribution in [0.1, 0.15) is 44.1 Å². The van der Waals surface area contributed by atoms with Gasteiger partial charge in [-0.05, 0) is 37.3 Å². The Hall–Kier alpha value is -1.65. The molecule has 2 fully saturated rings. The standard InChI is InChI=1S/C16H19F2NO2/c17-12-9-11(16(15(20)21)5-1-2-6-16)14(10-13(12)18)19-7-3-4-8-19/h9-10H,1-8H2,(H,20,21). The van der Waals surface area contributed by atoms with E-state index in [4.69, 9.17) is 0 Å². The van der Waals surface area contributed by atoms with Gasteiger partial charge in [-0.1, -0.05) is 12.8 Å². The molecule has 0 amide bonds. The lowest BCUT2D eigenvalue weighted by Crippen LogP contribution is -2.35. The normalized spacial score (nSPS) is 21.0. The fourth-order valence-electron chi connectivity index (χ4n) is 3.72. The molecule has 0 aromatic heterocycles. The van der Waals surface area contributed by atoms with E-state index in [1.54, 1.807) is 0 Å². The molecule has 1 saturated heterocycles. The summed E-state index contributed by atoms with van der Waals surface area (Å²) in [6.07, 6.45) is 4.61. The van der Waals surface area contributed by atoms with Crippen molar-refractivity contribution in [2.45, 2.75) is 43.9 Å². The summed E-state index contributed by atoms with van der Waals surface area (Å²) in [5.41, 5.74) is -0.0454. The van der Waals surface area contributed by atoms with Crippen molar-refractivity contribution in [3.8, 4) is 0 Å². The van der Waals surface area contributed by atoms with Gasteiger partial charge >= 0.3 is 5.97 Å². The number of hydrogen-bond acceptors (Lipinski definition) is 2. The van der Waals surface area contributed by atoms with Crippen molar-refractivity contribution in [3.05, 3.63) is 29.3 Å². The Morgan fingerprint density at radius 1 is 1.05 bits per heavy atom. The summed E-state index contributed by atoms with van der Waals surface area (Å²) in [5.74, 6) is -2.79.